The molecule has 1 unspecified atom stereocenters. The lowest BCUT2D eigenvalue weighted by Gasteiger charge is -2.27. The van der Waals surface area contributed by atoms with Gasteiger partial charge in [-0.15, -0.1) is 0 Å². The maximum atomic E-state index is 3.45. The Bertz CT molecular complexity index is 175. The van der Waals surface area contributed by atoms with Gasteiger partial charge >= 0.3 is 0 Å². The van der Waals surface area contributed by atoms with E-state index in [1.807, 2.05) is 0 Å². The molecule has 0 spiro atoms. The number of likely N-dealkylation sites (tertiary alicyclic amines) is 1. The lowest BCUT2D eigenvalue weighted by atomic mass is 10.0. The molecule has 13 heavy (non-hydrogen) atoms. The molecule has 2 heteroatoms. The first-order valence-electron chi connectivity index (χ1n) is 5.66. The summed E-state index contributed by atoms with van der Waals surface area (Å²) in [5, 5.41) is 3.45. The molecular formula is C11H22N2. The van der Waals surface area contributed by atoms with E-state index in [-0.39, 0.29) is 0 Å². The van der Waals surface area contributed by atoms with Crippen LogP contribution < -0.4 is 5.32 Å². The third-order valence-corrected chi connectivity index (χ3v) is 3.95. The van der Waals surface area contributed by atoms with Crippen molar-refractivity contribution in [2.75, 3.05) is 20.1 Å². The van der Waals surface area contributed by atoms with Crippen molar-refractivity contribution in [1.29, 1.82) is 0 Å². The van der Waals surface area contributed by atoms with Gasteiger partial charge in [0.15, 0.2) is 0 Å². The first-order valence-corrected chi connectivity index (χ1v) is 5.66. The Labute approximate surface area is 81.7 Å². The summed E-state index contributed by atoms with van der Waals surface area (Å²) in [6.07, 6.45) is 7.12. The van der Waals surface area contributed by atoms with Gasteiger partial charge in [-0.05, 0) is 33.2 Å². The highest BCUT2D eigenvalue weighted by atomic mass is 15.2. The molecular weight excluding hydrogens is 160 g/mol. The van der Waals surface area contributed by atoms with Crippen LogP contribution >= 0.6 is 0 Å². The van der Waals surface area contributed by atoms with Gasteiger partial charge in [0.05, 0.1) is 0 Å². The van der Waals surface area contributed by atoms with Gasteiger partial charge in [-0.2, -0.15) is 0 Å². The average molecular weight is 182 g/mol. The molecule has 2 aliphatic rings. The standard InChI is InChI=1S/C11H22N2/c1-11(12-2)7-8-13(9-11)10-5-3-4-6-10/h10,12H,3-9H2,1-2H3. The number of rotatable bonds is 2. The molecule has 0 radical (unpaired) electrons. The fourth-order valence-electron chi connectivity index (χ4n) is 2.78. The molecule has 0 bridgehead atoms. The van der Waals surface area contributed by atoms with Gasteiger partial charge in [0.1, 0.15) is 0 Å². The first-order chi connectivity index (χ1) is 6.23. The van der Waals surface area contributed by atoms with Crippen molar-refractivity contribution in [2.24, 2.45) is 0 Å². The second kappa shape index (κ2) is 3.58. The van der Waals surface area contributed by atoms with E-state index >= 15 is 0 Å². The highest BCUT2D eigenvalue weighted by molar-refractivity contribution is 4.95. The Balaban J connectivity index is 1.90. The lowest BCUT2D eigenvalue weighted by molar-refractivity contribution is 0.226. The topological polar surface area (TPSA) is 15.3 Å². The number of likely N-dealkylation sites (N-methyl/N-ethyl adjacent to an activating group) is 1. The van der Waals surface area contributed by atoms with E-state index in [0.29, 0.717) is 5.54 Å². The predicted octanol–water partition coefficient (Wildman–Crippen LogP) is 1.61. The zero-order chi connectivity index (χ0) is 9.31. The van der Waals surface area contributed by atoms with E-state index in [9.17, 15) is 0 Å². The number of nitrogens with zero attached hydrogens (tertiary/aromatic N) is 1. The van der Waals surface area contributed by atoms with Gasteiger partial charge in [-0.25, -0.2) is 0 Å². The summed E-state index contributed by atoms with van der Waals surface area (Å²) in [6.45, 7) is 4.91. The normalized spacial score (nSPS) is 37.4. The van der Waals surface area contributed by atoms with Crippen molar-refractivity contribution in [3.05, 3.63) is 0 Å². The maximum absolute atomic E-state index is 3.45. The van der Waals surface area contributed by atoms with E-state index in [1.165, 1.54) is 45.2 Å². The van der Waals surface area contributed by atoms with Crippen LogP contribution in [0.5, 0.6) is 0 Å². The zero-order valence-corrected chi connectivity index (χ0v) is 8.97. The summed E-state index contributed by atoms with van der Waals surface area (Å²) in [4.78, 5) is 2.70. The molecule has 2 nitrogen and oxygen atoms in total. The monoisotopic (exact) mass is 182 g/mol. The van der Waals surface area contributed by atoms with E-state index in [2.05, 4.69) is 24.2 Å². The molecule has 1 heterocycles. The maximum Gasteiger partial charge on any atom is 0.0289 e. The molecule has 1 atom stereocenters. The smallest absolute Gasteiger partial charge is 0.0289 e. The number of nitrogens with one attached hydrogen (secondary N) is 1. The molecule has 1 N–H and O–H groups in total. The van der Waals surface area contributed by atoms with E-state index in [0.717, 1.165) is 6.04 Å². The van der Waals surface area contributed by atoms with Crippen LogP contribution in [0.4, 0.5) is 0 Å². The summed E-state index contributed by atoms with van der Waals surface area (Å²) in [5.74, 6) is 0. The molecule has 0 aromatic rings. The van der Waals surface area contributed by atoms with Gasteiger partial charge in [0.25, 0.3) is 0 Å². The SMILES string of the molecule is CNC1(C)CCN(C2CCCC2)C1. The Morgan fingerprint density at radius 2 is 2.00 bits per heavy atom. The summed E-state index contributed by atoms with van der Waals surface area (Å²) in [7, 11) is 2.10. The van der Waals surface area contributed by atoms with Gasteiger partial charge in [0.2, 0.25) is 0 Å². The molecule has 2 fully saturated rings. The van der Waals surface area contributed by atoms with Crippen LogP contribution in [-0.4, -0.2) is 36.6 Å². The minimum absolute atomic E-state index is 0.391. The van der Waals surface area contributed by atoms with Crippen LogP contribution in [0.25, 0.3) is 0 Å². The molecule has 2 rings (SSSR count). The third kappa shape index (κ3) is 1.89. The number of hydrogen-bond acceptors (Lipinski definition) is 2. The summed E-state index contributed by atoms with van der Waals surface area (Å²) < 4.78 is 0. The molecule has 1 saturated carbocycles. The molecule has 1 aliphatic heterocycles. The second-order valence-corrected chi connectivity index (χ2v) is 4.97. The molecule has 0 amide bonds. The lowest BCUT2D eigenvalue weighted by Crippen LogP contribution is -2.43. The van der Waals surface area contributed by atoms with Crippen LogP contribution in [-0.2, 0) is 0 Å². The zero-order valence-electron chi connectivity index (χ0n) is 8.97. The summed E-state index contributed by atoms with van der Waals surface area (Å²) in [5.41, 5.74) is 0.391. The highest BCUT2D eigenvalue weighted by Crippen LogP contribution is 2.29. The summed E-state index contributed by atoms with van der Waals surface area (Å²) >= 11 is 0. The van der Waals surface area contributed by atoms with E-state index in [4.69, 9.17) is 0 Å². The molecule has 76 valence electrons. The van der Waals surface area contributed by atoms with Crippen LogP contribution in [0.1, 0.15) is 39.0 Å². The fraction of sp³-hybridized carbons (Fsp3) is 1.00. The molecule has 0 aromatic carbocycles. The first kappa shape index (κ1) is 9.47. The van der Waals surface area contributed by atoms with Crippen LogP contribution in [0.15, 0.2) is 0 Å². The molecule has 1 saturated heterocycles. The van der Waals surface area contributed by atoms with Crippen LogP contribution in [0.2, 0.25) is 0 Å². The van der Waals surface area contributed by atoms with Crippen LogP contribution in [0, 0.1) is 0 Å². The Morgan fingerprint density at radius 3 is 2.54 bits per heavy atom. The Hall–Kier alpha value is -0.0800. The van der Waals surface area contributed by atoms with Crippen molar-refractivity contribution < 1.29 is 0 Å². The Kier molecular flexibility index (Phi) is 2.61. The van der Waals surface area contributed by atoms with Crippen molar-refractivity contribution >= 4 is 0 Å². The predicted molar refractivity (Wildman–Crippen MR) is 55.9 cm³/mol. The quantitative estimate of drug-likeness (QED) is 0.698. The van der Waals surface area contributed by atoms with Gasteiger partial charge < -0.3 is 5.32 Å². The van der Waals surface area contributed by atoms with Crippen molar-refractivity contribution in [3.8, 4) is 0 Å². The minimum atomic E-state index is 0.391. The van der Waals surface area contributed by atoms with Gasteiger partial charge in [0, 0.05) is 24.7 Å². The van der Waals surface area contributed by atoms with Crippen molar-refractivity contribution in [3.63, 3.8) is 0 Å². The Morgan fingerprint density at radius 1 is 1.31 bits per heavy atom. The molecule has 1 aliphatic carbocycles. The van der Waals surface area contributed by atoms with Crippen LogP contribution in [0.3, 0.4) is 0 Å². The minimum Gasteiger partial charge on any atom is -0.313 e. The highest BCUT2D eigenvalue weighted by Gasteiger charge is 2.36. The van der Waals surface area contributed by atoms with E-state index < -0.39 is 0 Å². The van der Waals surface area contributed by atoms with Gasteiger partial charge in [-0.1, -0.05) is 12.8 Å². The second-order valence-electron chi connectivity index (χ2n) is 4.97. The fourth-order valence-corrected chi connectivity index (χ4v) is 2.78. The van der Waals surface area contributed by atoms with Crippen molar-refractivity contribution in [2.45, 2.75) is 50.6 Å². The average Bonchev–Trinajstić information content (AvgIpc) is 2.73. The van der Waals surface area contributed by atoms with Crippen molar-refractivity contribution in [1.82, 2.24) is 10.2 Å². The van der Waals surface area contributed by atoms with Gasteiger partial charge in [-0.3, -0.25) is 4.90 Å². The third-order valence-electron chi connectivity index (χ3n) is 3.95. The number of hydrogen-bond donors (Lipinski definition) is 1. The molecule has 0 aromatic heterocycles. The largest absolute Gasteiger partial charge is 0.313 e. The summed E-state index contributed by atoms with van der Waals surface area (Å²) in [6, 6.07) is 0.912. The van der Waals surface area contributed by atoms with E-state index in [1.54, 1.807) is 0 Å².